The van der Waals surface area contributed by atoms with E-state index in [9.17, 15) is 18.0 Å². The molecule has 0 saturated carbocycles. The van der Waals surface area contributed by atoms with Gasteiger partial charge in [0, 0.05) is 5.56 Å². The number of hydrogen-bond donors (Lipinski definition) is 1. The van der Waals surface area contributed by atoms with Gasteiger partial charge in [0.2, 0.25) is 6.17 Å². The molecule has 0 heterocycles. The summed E-state index contributed by atoms with van der Waals surface area (Å²) in [7, 11) is 0. The molecular weight excluding hydrogens is 197 g/mol. The average Bonchev–Trinajstić information content (AvgIpc) is 2.16. The van der Waals surface area contributed by atoms with Crippen molar-refractivity contribution < 1.29 is 23.1 Å². The molecule has 0 aliphatic heterocycles. The number of halogens is 3. The first kappa shape index (κ1) is 10.6. The van der Waals surface area contributed by atoms with Crippen LogP contribution in [0.15, 0.2) is 24.3 Å². The maximum atomic E-state index is 12.8. The van der Waals surface area contributed by atoms with E-state index in [2.05, 4.69) is 0 Å². The van der Waals surface area contributed by atoms with E-state index in [-0.39, 0.29) is 11.1 Å². The minimum Gasteiger partial charge on any atom is -0.479 e. The molecule has 14 heavy (non-hydrogen) atoms. The number of carbonyl (C=O) groups is 1. The summed E-state index contributed by atoms with van der Waals surface area (Å²) in [6, 6.07) is 4.10. The van der Waals surface area contributed by atoms with Crippen LogP contribution in [0.1, 0.15) is 23.7 Å². The monoisotopic (exact) mass is 204 g/mol. The van der Waals surface area contributed by atoms with Gasteiger partial charge in [-0.05, 0) is 5.56 Å². The van der Waals surface area contributed by atoms with Crippen molar-refractivity contribution in [3.63, 3.8) is 0 Å². The van der Waals surface area contributed by atoms with Crippen LogP contribution < -0.4 is 0 Å². The fourth-order valence-corrected chi connectivity index (χ4v) is 0.953. The topological polar surface area (TPSA) is 37.3 Å². The minimum atomic E-state index is -2.63. The molecule has 1 aromatic carbocycles. The van der Waals surface area contributed by atoms with Crippen LogP contribution in [-0.4, -0.2) is 11.1 Å². The SMILES string of the molecule is O=C(O)C(F)c1ccc(C(F)F)cc1. The van der Waals surface area contributed by atoms with E-state index in [4.69, 9.17) is 5.11 Å². The molecule has 1 N–H and O–H groups in total. The van der Waals surface area contributed by atoms with E-state index in [1.165, 1.54) is 0 Å². The quantitative estimate of drug-likeness (QED) is 0.821. The van der Waals surface area contributed by atoms with Gasteiger partial charge in [-0.3, -0.25) is 0 Å². The Labute approximate surface area is 78.0 Å². The molecule has 0 aliphatic carbocycles. The normalized spacial score (nSPS) is 12.9. The Morgan fingerprint density at radius 3 is 1.86 bits per heavy atom. The standard InChI is InChI=1S/C9H7F3O2/c10-7(9(13)14)5-1-3-6(4-2-5)8(11)12/h1-4,7-8H,(H,13,14). The Morgan fingerprint density at radius 1 is 1.07 bits per heavy atom. The molecule has 1 rings (SSSR count). The van der Waals surface area contributed by atoms with Crippen molar-refractivity contribution in [3.8, 4) is 0 Å². The molecule has 0 aliphatic rings. The van der Waals surface area contributed by atoms with Gasteiger partial charge in [0.05, 0.1) is 0 Å². The lowest BCUT2D eigenvalue weighted by molar-refractivity contribution is -0.143. The highest BCUT2D eigenvalue weighted by molar-refractivity contribution is 5.74. The van der Waals surface area contributed by atoms with Crippen LogP contribution >= 0.6 is 0 Å². The summed E-state index contributed by atoms with van der Waals surface area (Å²) in [4.78, 5) is 10.2. The van der Waals surface area contributed by atoms with E-state index in [0.717, 1.165) is 24.3 Å². The average molecular weight is 204 g/mol. The second-order valence-corrected chi connectivity index (χ2v) is 2.67. The van der Waals surface area contributed by atoms with Gasteiger partial charge in [0.25, 0.3) is 6.43 Å². The number of rotatable bonds is 3. The van der Waals surface area contributed by atoms with Crippen molar-refractivity contribution >= 4 is 5.97 Å². The van der Waals surface area contributed by atoms with Crippen LogP contribution in [-0.2, 0) is 4.79 Å². The first-order valence-corrected chi connectivity index (χ1v) is 3.77. The highest BCUT2D eigenvalue weighted by atomic mass is 19.3. The third-order valence-electron chi connectivity index (χ3n) is 1.70. The van der Waals surface area contributed by atoms with Crippen molar-refractivity contribution in [2.75, 3.05) is 0 Å². The Kier molecular flexibility index (Phi) is 3.11. The molecule has 0 saturated heterocycles. The number of hydrogen-bond acceptors (Lipinski definition) is 1. The number of carboxylic acids is 1. The summed E-state index contributed by atoms with van der Waals surface area (Å²) >= 11 is 0. The van der Waals surface area contributed by atoms with Crippen LogP contribution in [0.3, 0.4) is 0 Å². The highest BCUT2D eigenvalue weighted by Gasteiger charge is 2.18. The van der Waals surface area contributed by atoms with Crippen LogP contribution in [0.2, 0.25) is 0 Å². The molecule has 0 aromatic heterocycles. The zero-order valence-electron chi connectivity index (χ0n) is 6.95. The lowest BCUT2D eigenvalue weighted by Crippen LogP contribution is -2.05. The Hall–Kier alpha value is -1.52. The van der Waals surface area contributed by atoms with E-state index in [1.807, 2.05) is 0 Å². The number of alkyl halides is 3. The van der Waals surface area contributed by atoms with Gasteiger partial charge in [0.15, 0.2) is 0 Å². The van der Waals surface area contributed by atoms with Gasteiger partial charge in [-0.2, -0.15) is 0 Å². The van der Waals surface area contributed by atoms with Crippen LogP contribution in [0.25, 0.3) is 0 Å². The fourth-order valence-electron chi connectivity index (χ4n) is 0.953. The van der Waals surface area contributed by atoms with E-state index in [1.54, 1.807) is 0 Å². The summed E-state index contributed by atoms with van der Waals surface area (Å²) in [6.45, 7) is 0. The molecule has 1 unspecified atom stereocenters. The first-order valence-electron chi connectivity index (χ1n) is 3.77. The van der Waals surface area contributed by atoms with Gasteiger partial charge < -0.3 is 5.11 Å². The van der Waals surface area contributed by atoms with Gasteiger partial charge >= 0.3 is 5.97 Å². The maximum absolute atomic E-state index is 12.8. The van der Waals surface area contributed by atoms with Crippen molar-refractivity contribution in [1.82, 2.24) is 0 Å². The van der Waals surface area contributed by atoms with Crippen molar-refractivity contribution in [3.05, 3.63) is 35.4 Å². The molecule has 76 valence electrons. The molecule has 5 heteroatoms. The molecule has 0 fully saturated rings. The molecule has 0 bridgehead atoms. The van der Waals surface area contributed by atoms with E-state index >= 15 is 0 Å². The summed E-state index contributed by atoms with van der Waals surface area (Å²) in [5.74, 6) is -1.63. The third kappa shape index (κ3) is 2.25. The second kappa shape index (κ2) is 4.13. The largest absolute Gasteiger partial charge is 0.479 e. The van der Waals surface area contributed by atoms with Gasteiger partial charge in [-0.1, -0.05) is 24.3 Å². The fraction of sp³-hybridized carbons (Fsp3) is 0.222. The minimum absolute atomic E-state index is 0.137. The predicted octanol–water partition coefficient (Wildman–Crippen LogP) is 2.72. The number of carboxylic acid groups (broad SMARTS) is 1. The third-order valence-corrected chi connectivity index (χ3v) is 1.70. The molecule has 1 atom stereocenters. The first-order chi connectivity index (χ1) is 6.52. The highest BCUT2D eigenvalue weighted by Crippen LogP contribution is 2.22. The van der Waals surface area contributed by atoms with E-state index in [0.29, 0.717) is 0 Å². The van der Waals surface area contributed by atoms with Crippen molar-refractivity contribution in [2.45, 2.75) is 12.6 Å². The Bertz CT molecular complexity index is 321. The molecule has 2 nitrogen and oxygen atoms in total. The Balaban J connectivity index is 2.88. The molecule has 0 radical (unpaired) electrons. The second-order valence-electron chi connectivity index (χ2n) is 2.67. The molecular formula is C9H7F3O2. The number of aliphatic carboxylic acids is 1. The van der Waals surface area contributed by atoms with Crippen molar-refractivity contribution in [2.24, 2.45) is 0 Å². The lowest BCUT2D eigenvalue weighted by atomic mass is 10.1. The molecule has 1 aromatic rings. The maximum Gasteiger partial charge on any atom is 0.343 e. The Morgan fingerprint density at radius 2 is 1.50 bits per heavy atom. The van der Waals surface area contributed by atoms with Crippen LogP contribution in [0.5, 0.6) is 0 Å². The zero-order chi connectivity index (χ0) is 10.7. The molecule has 0 spiro atoms. The zero-order valence-corrected chi connectivity index (χ0v) is 6.95. The van der Waals surface area contributed by atoms with E-state index < -0.39 is 18.6 Å². The van der Waals surface area contributed by atoms with Gasteiger partial charge in [-0.25, -0.2) is 18.0 Å². The summed E-state index contributed by atoms with van der Waals surface area (Å²) < 4.78 is 36.9. The lowest BCUT2D eigenvalue weighted by Gasteiger charge is -2.04. The van der Waals surface area contributed by atoms with Crippen molar-refractivity contribution in [1.29, 1.82) is 0 Å². The van der Waals surface area contributed by atoms with Crippen LogP contribution in [0, 0.1) is 0 Å². The van der Waals surface area contributed by atoms with Gasteiger partial charge in [-0.15, -0.1) is 0 Å². The molecule has 0 amide bonds. The van der Waals surface area contributed by atoms with Gasteiger partial charge in [0.1, 0.15) is 0 Å². The smallest absolute Gasteiger partial charge is 0.343 e. The summed E-state index contributed by atoms with van der Waals surface area (Å²) in [6.07, 6.45) is -4.80. The van der Waals surface area contributed by atoms with Crippen LogP contribution in [0.4, 0.5) is 13.2 Å². The number of benzene rings is 1. The predicted molar refractivity (Wildman–Crippen MR) is 42.9 cm³/mol. The summed E-state index contributed by atoms with van der Waals surface area (Å²) in [5, 5.41) is 8.29. The summed E-state index contributed by atoms with van der Waals surface area (Å²) in [5.41, 5.74) is -0.395.